The van der Waals surface area contributed by atoms with Crippen molar-refractivity contribution >= 4 is 39.8 Å². The first kappa shape index (κ1) is 21.4. The van der Waals surface area contributed by atoms with Gasteiger partial charge in [-0.05, 0) is 42.8 Å². The topological polar surface area (TPSA) is 110 Å². The standard InChI is InChI=1S/C27H22N8O2/c1-15-8-16(4-5-22(15)37-17-6-7-34-23(9-17)30-14-32-34)33-25-18-10-24(28-12-20(18)29-13-31-25)35-21-11-19(21)27(2,3)26(35)36/h4-14,19H,1-3H3,(H,29,31,33). The van der Waals surface area contributed by atoms with Gasteiger partial charge < -0.3 is 10.1 Å². The summed E-state index contributed by atoms with van der Waals surface area (Å²) in [6, 6.07) is 11.4. The summed E-state index contributed by atoms with van der Waals surface area (Å²) in [7, 11) is 0. The third-order valence-electron chi connectivity index (χ3n) is 6.99. The number of hydrogen-bond acceptors (Lipinski definition) is 8. The van der Waals surface area contributed by atoms with E-state index in [1.54, 1.807) is 15.6 Å². The van der Waals surface area contributed by atoms with Crippen molar-refractivity contribution in [3.63, 3.8) is 0 Å². The Morgan fingerprint density at radius 2 is 1.92 bits per heavy atom. The molecule has 37 heavy (non-hydrogen) atoms. The Labute approximate surface area is 211 Å². The highest BCUT2D eigenvalue weighted by Crippen LogP contribution is 2.55. The number of hydrogen-bond donors (Lipinski definition) is 1. The zero-order valence-corrected chi connectivity index (χ0v) is 20.4. The van der Waals surface area contributed by atoms with E-state index in [-0.39, 0.29) is 11.8 Å². The van der Waals surface area contributed by atoms with Gasteiger partial charge in [0.15, 0.2) is 5.65 Å². The Morgan fingerprint density at radius 1 is 1.03 bits per heavy atom. The number of carbonyl (C=O) groups is 1. The van der Waals surface area contributed by atoms with Crippen LogP contribution in [-0.2, 0) is 4.79 Å². The van der Waals surface area contributed by atoms with Crippen LogP contribution in [0.1, 0.15) is 19.4 Å². The van der Waals surface area contributed by atoms with Gasteiger partial charge in [0.05, 0.1) is 17.1 Å². The number of carbonyl (C=O) groups excluding carboxylic acids is 1. The predicted molar refractivity (Wildman–Crippen MR) is 138 cm³/mol. The maximum Gasteiger partial charge on any atom is 0.239 e. The van der Waals surface area contributed by atoms with Crippen LogP contribution in [0.2, 0.25) is 0 Å². The van der Waals surface area contributed by atoms with Crippen LogP contribution in [0.5, 0.6) is 11.5 Å². The summed E-state index contributed by atoms with van der Waals surface area (Å²) in [6.45, 7) is 5.93. The number of aromatic nitrogens is 6. The third kappa shape index (κ3) is 3.40. The van der Waals surface area contributed by atoms with E-state index < -0.39 is 5.41 Å². The average molecular weight is 491 g/mol. The van der Waals surface area contributed by atoms with Crippen LogP contribution >= 0.6 is 0 Å². The molecule has 1 atom stereocenters. The van der Waals surface area contributed by atoms with Crippen molar-refractivity contribution in [2.75, 3.05) is 10.2 Å². The van der Waals surface area contributed by atoms with Crippen LogP contribution in [0.15, 0.2) is 73.2 Å². The molecule has 10 heteroatoms. The maximum atomic E-state index is 13.0. The van der Waals surface area contributed by atoms with E-state index in [4.69, 9.17) is 4.74 Å². The van der Waals surface area contributed by atoms with E-state index in [0.717, 1.165) is 28.1 Å². The number of aryl methyl sites for hydroxylation is 1. The number of anilines is 3. The highest BCUT2D eigenvalue weighted by atomic mass is 16.5. The molecular formula is C27H22N8O2. The van der Waals surface area contributed by atoms with Crippen molar-refractivity contribution in [2.45, 2.75) is 20.8 Å². The molecule has 2 aliphatic rings. The van der Waals surface area contributed by atoms with Crippen molar-refractivity contribution in [2.24, 2.45) is 11.3 Å². The van der Waals surface area contributed by atoms with Gasteiger partial charge in [0, 0.05) is 35.0 Å². The van der Waals surface area contributed by atoms with Crippen LogP contribution in [0.25, 0.3) is 16.6 Å². The number of fused-ring (bicyclic) bond motifs is 3. The molecule has 1 amide bonds. The highest BCUT2D eigenvalue weighted by Gasteiger charge is 2.57. The maximum absolute atomic E-state index is 13.0. The second-order valence-corrected chi connectivity index (χ2v) is 9.85. The minimum atomic E-state index is -0.442. The molecule has 5 aromatic rings. The van der Waals surface area contributed by atoms with Crippen LogP contribution < -0.4 is 15.0 Å². The lowest BCUT2D eigenvalue weighted by molar-refractivity contribution is -0.124. The molecule has 0 spiro atoms. The summed E-state index contributed by atoms with van der Waals surface area (Å²) >= 11 is 0. The molecule has 1 N–H and O–H groups in total. The fourth-order valence-electron chi connectivity index (χ4n) is 4.82. The van der Waals surface area contributed by atoms with Crippen molar-refractivity contribution in [3.8, 4) is 11.5 Å². The Kier molecular flexibility index (Phi) is 4.38. The first-order valence-electron chi connectivity index (χ1n) is 11.9. The van der Waals surface area contributed by atoms with Gasteiger partial charge >= 0.3 is 0 Å². The molecule has 0 bridgehead atoms. The summed E-state index contributed by atoms with van der Waals surface area (Å²) in [5.74, 6) is 2.87. The number of rotatable bonds is 5. The minimum Gasteiger partial charge on any atom is -0.457 e. The van der Waals surface area contributed by atoms with Gasteiger partial charge in [-0.25, -0.2) is 24.5 Å². The lowest BCUT2D eigenvalue weighted by Crippen LogP contribution is -2.33. The number of amides is 1. The Balaban J connectivity index is 1.17. The molecule has 1 aliphatic carbocycles. The monoisotopic (exact) mass is 490 g/mol. The van der Waals surface area contributed by atoms with E-state index in [0.29, 0.717) is 28.5 Å². The number of benzene rings is 1. The number of nitrogens with zero attached hydrogens (tertiary/aromatic N) is 7. The summed E-state index contributed by atoms with van der Waals surface area (Å²) in [5, 5.41) is 8.28. The smallest absolute Gasteiger partial charge is 0.239 e. The molecule has 0 saturated carbocycles. The van der Waals surface area contributed by atoms with Gasteiger partial charge in [-0.3, -0.25) is 9.69 Å². The SMILES string of the molecule is Cc1cc(Nc2ncnc3cnc(N4C(=O)C(C)(C)C5C=C54)cc23)ccc1Oc1ccn2ncnc2c1. The lowest BCUT2D eigenvalue weighted by Gasteiger charge is -2.21. The van der Waals surface area contributed by atoms with Gasteiger partial charge in [0.1, 0.15) is 35.8 Å². The minimum absolute atomic E-state index is 0.0579. The summed E-state index contributed by atoms with van der Waals surface area (Å²) in [4.78, 5) is 32.3. The van der Waals surface area contributed by atoms with Crippen molar-refractivity contribution in [1.29, 1.82) is 0 Å². The van der Waals surface area contributed by atoms with Gasteiger partial charge in [-0.15, -0.1) is 0 Å². The van der Waals surface area contributed by atoms with E-state index in [1.165, 1.54) is 12.7 Å². The van der Waals surface area contributed by atoms with Crippen LogP contribution in [-0.4, -0.2) is 35.5 Å². The van der Waals surface area contributed by atoms with E-state index in [1.807, 2.05) is 63.4 Å². The number of nitrogens with one attached hydrogen (secondary N) is 1. The highest BCUT2D eigenvalue weighted by molar-refractivity contribution is 6.07. The Hall–Kier alpha value is -4.86. The fourth-order valence-corrected chi connectivity index (χ4v) is 4.82. The first-order valence-corrected chi connectivity index (χ1v) is 11.9. The largest absolute Gasteiger partial charge is 0.457 e. The second kappa shape index (κ2) is 7.57. The van der Waals surface area contributed by atoms with E-state index in [2.05, 4.69) is 36.4 Å². The van der Waals surface area contributed by atoms with Gasteiger partial charge in [0.2, 0.25) is 5.91 Å². The average Bonchev–Trinajstić information content (AvgIpc) is 3.49. The Morgan fingerprint density at radius 3 is 2.73 bits per heavy atom. The fraction of sp³-hybridized carbons (Fsp3) is 0.185. The molecule has 1 aliphatic heterocycles. The molecule has 7 rings (SSSR count). The van der Waals surface area contributed by atoms with Gasteiger partial charge in [0.25, 0.3) is 0 Å². The quantitative estimate of drug-likeness (QED) is 0.374. The predicted octanol–water partition coefficient (Wildman–Crippen LogP) is 4.80. The molecule has 1 aromatic carbocycles. The molecule has 1 fully saturated rings. The van der Waals surface area contributed by atoms with Gasteiger partial charge in [-0.2, -0.15) is 5.10 Å². The number of ether oxygens (including phenoxy) is 1. The first-order chi connectivity index (χ1) is 17.9. The van der Waals surface area contributed by atoms with Gasteiger partial charge in [-0.1, -0.05) is 19.9 Å². The molecule has 1 unspecified atom stereocenters. The summed E-state index contributed by atoms with van der Waals surface area (Å²) in [5.41, 5.74) is 3.77. The third-order valence-corrected chi connectivity index (χ3v) is 6.99. The molecular weight excluding hydrogens is 468 g/mol. The second-order valence-electron chi connectivity index (χ2n) is 9.85. The molecule has 1 saturated heterocycles. The van der Waals surface area contributed by atoms with Crippen molar-refractivity contribution in [1.82, 2.24) is 29.5 Å². The molecule has 0 radical (unpaired) electrons. The normalized spacial score (nSPS) is 17.7. The van der Waals surface area contributed by atoms with E-state index >= 15 is 0 Å². The van der Waals surface area contributed by atoms with E-state index in [9.17, 15) is 4.79 Å². The molecule has 10 nitrogen and oxygen atoms in total. The van der Waals surface area contributed by atoms with Crippen molar-refractivity contribution < 1.29 is 9.53 Å². The molecule has 182 valence electrons. The molecule has 4 aromatic heterocycles. The Bertz CT molecular complexity index is 1770. The summed E-state index contributed by atoms with van der Waals surface area (Å²) in [6.07, 6.45) is 8.61. The van der Waals surface area contributed by atoms with Crippen LogP contribution in [0.3, 0.4) is 0 Å². The number of allylic oxidation sites excluding steroid dienone is 2. The van der Waals surface area contributed by atoms with Crippen molar-refractivity contribution in [3.05, 3.63) is 78.8 Å². The zero-order chi connectivity index (χ0) is 25.3. The number of pyridine rings is 2. The lowest BCUT2D eigenvalue weighted by atomic mass is 9.87. The van der Waals surface area contributed by atoms with Crippen LogP contribution in [0, 0.1) is 18.3 Å². The zero-order valence-electron chi connectivity index (χ0n) is 20.4. The van der Waals surface area contributed by atoms with Crippen LogP contribution in [0.4, 0.5) is 17.3 Å². The molecule has 5 heterocycles. The summed E-state index contributed by atoms with van der Waals surface area (Å²) < 4.78 is 7.77.